The second-order valence-corrected chi connectivity index (χ2v) is 8.89. The summed E-state index contributed by atoms with van der Waals surface area (Å²) in [6.45, 7) is 2.21. The summed E-state index contributed by atoms with van der Waals surface area (Å²) in [5.41, 5.74) is 7.26. The first-order valence-electron chi connectivity index (χ1n) is 8.51. The van der Waals surface area contributed by atoms with Crippen molar-refractivity contribution in [2.75, 3.05) is 0 Å². The highest BCUT2D eigenvalue weighted by molar-refractivity contribution is 6.25. The van der Waals surface area contributed by atoms with E-state index in [2.05, 4.69) is 37.3 Å². The van der Waals surface area contributed by atoms with Crippen molar-refractivity contribution in [3.05, 3.63) is 35.9 Å². The van der Waals surface area contributed by atoms with Crippen molar-refractivity contribution in [1.82, 2.24) is 0 Å². The summed E-state index contributed by atoms with van der Waals surface area (Å²) in [6.07, 6.45) is 5.12. The Morgan fingerprint density at radius 2 is 2.00 bits per heavy atom. The molecule has 4 aliphatic carbocycles. The average molecular weight is 316 g/mol. The molecule has 0 aliphatic heterocycles. The number of amides is 1. The third-order valence-corrected chi connectivity index (χ3v) is 9.06. The first-order valence-corrected chi connectivity index (χ1v) is 8.89. The van der Waals surface area contributed by atoms with Crippen LogP contribution in [0.4, 0.5) is 0 Å². The Kier molecular flexibility index (Phi) is 2.17. The smallest absolute Gasteiger partial charge is 0.224 e. The van der Waals surface area contributed by atoms with Crippen LogP contribution in [0.1, 0.15) is 44.6 Å². The molecule has 6 unspecified atom stereocenters. The van der Waals surface area contributed by atoms with Crippen LogP contribution in [0.5, 0.6) is 0 Å². The van der Waals surface area contributed by atoms with E-state index < -0.39 is 0 Å². The molecule has 1 aromatic carbocycles. The molecule has 0 aromatic heterocycles. The molecule has 0 saturated heterocycles. The van der Waals surface area contributed by atoms with Crippen LogP contribution in [0.15, 0.2) is 30.3 Å². The zero-order valence-corrected chi connectivity index (χ0v) is 13.7. The lowest BCUT2D eigenvalue weighted by Gasteiger charge is -2.80. The fraction of sp³-hybridized carbons (Fsp3) is 0.632. The van der Waals surface area contributed by atoms with Gasteiger partial charge in [-0.2, -0.15) is 0 Å². The lowest BCUT2D eigenvalue weighted by molar-refractivity contribution is -0.265. The number of hydrogen-bond donors (Lipinski definition) is 1. The number of primary amides is 1. The topological polar surface area (TPSA) is 43.1 Å². The van der Waals surface area contributed by atoms with Gasteiger partial charge >= 0.3 is 0 Å². The van der Waals surface area contributed by atoms with E-state index in [0.717, 1.165) is 32.1 Å². The number of halogens is 1. The van der Waals surface area contributed by atoms with Crippen LogP contribution in [-0.2, 0) is 10.2 Å². The Hall–Kier alpha value is -1.02. The quantitative estimate of drug-likeness (QED) is 0.851. The second kappa shape index (κ2) is 3.56. The zero-order chi connectivity index (χ0) is 15.4. The van der Waals surface area contributed by atoms with Crippen LogP contribution in [0, 0.1) is 22.7 Å². The number of carbonyl (C=O) groups is 1. The maximum absolute atomic E-state index is 12.4. The van der Waals surface area contributed by atoms with Gasteiger partial charge in [-0.05, 0) is 54.9 Å². The van der Waals surface area contributed by atoms with E-state index >= 15 is 0 Å². The molecular formula is C19H22ClNO. The molecule has 4 saturated carbocycles. The first-order chi connectivity index (χ1) is 10.5. The van der Waals surface area contributed by atoms with E-state index in [4.69, 9.17) is 17.3 Å². The summed E-state index contributed by atoms with van der Waals surface area (Å²) in [5, 5.41) is 0. The van der Waals surface area contributed by atoms with E-state index in [9.17, 15) is 4.79 Å². The number of hydrogen-bond acceptors (Lipinski definition) is 1. The Bertz CT molecular complexity index is 690. The van der Waals surface area contributed by atoms with Crippen LogP contribution >= 0.6 is 11.6 Å². The number of fused-ring (bicyclic) bond motifs is 1. The number of rotatable bonds is 3. The van der Waals surface area contributed by atoms with Crippen molar-refractivity contribution in [3.8, 4) is 0 Å². The van der Waals surface area contributed by atoms with E-state index in [1.807, 2.05) is 0 Å². The molecule has 116 valence electrons. The van der Waals surface area contributed by atoms with Gasteiger partial charge in [0, 0.05) is 5.41 Å². The highest BCUT2D eigenvalue weighted by Gasteiger charge is 2.93. The number of carbonyl (C=O) groups excluding carboxylic acids is 1. The van der Waals surface area contributed by atoms with Crippen molar-refractivity contribution in [2.45, 2.75) is 49.3 Å². The standard InChI is InChI=1S/C19H22ClNO/c1-2-18(20)13-8-17(15(21)22)11-16(12-6-4-3-5-7-12)10-14(18)19(16,17)9-13/h3-7,13-14H,2,8-11H2,1H3,(H2,21,22). The van der Waals surface area contributed by atoms with Crippen LogP contribution < -0.4 is 5.73 Å². The Labute approximate surface area is 136 Å². The van der Waals surface area contributed by atoms with E-state index in [1.165, 1.54) is 5.56 Å². The monoisotopic (exact) mass is 315 g/mol. The summed E-state index contributed by atoms with van der Waals surface area (Å²) in [5.74, 6) is 0.859. The number of alkyl halides is 1. The fourth-order valence-electron chi connectivity index (χ4n) is 7.54. The maximum atomic E-state index is 12.4. The van der Waals surface area contributed by atoms with Gasteiger partial charge < -0.3 is 5.73 Å². The molecule has 4 fully saturated rings. The molecule has 0 heterocycles. The van der Waals surface area contributed by atoms with Gasteiger partial charge in [-0.1, -0.05) is 37.3 Å². The average Bonchev–Trinajstić information content (AvgIpc) is 2.97. The maximum Gasteiger partial charge on any atom is 0.224 e. The lowest BCUT2D eigenvalue weighted by atomic mass is 9.22. The summed E-state index contributed by atoms with van der Waals surface area (Å²) in [4.78, 5) is 12.3. The van der Waals surface area contributed by atoms with Crippen molar-refractivity contribution in [3.63, 3.8) is 0 Å². The number of benzene rings is 1. The third-order valence-electron chi connectivity index (χ3n) is 8.22. The van der Waals surface area contributed by atoms with E-state index in [1.54, 1.807) is 0 Å². The SMILES string of the molecule is CCC1(Cl)C2CC3(C(N)=O)CC4(c5ccccc5)CC1C34C2. The van der Waals surface area contributed by atoms with Gasteiger partial charge in [-0.25, -0.2) is 0 Å². The van der Waals surface area contributed by atoms with Gasteiger partial charge in [-0.3, -0.25) is 4.79 Å². The molecule has 1 aromatic rings. The lowest BCUT2D eigenvalue weighted by Crippen LogP contribution is -2.81. The molecule has 2 nitrogen and oxygen atoms in total. The van der Waals surface area contributed by atoms with Gasteiger partial charge in [0.05, 0.1) is 10.3 Å². The van der Waals surface area contributed by atoms with Crippen molar-refractivity contribution in [2.24, 2.45) is 28.4 Å². The summed E-state index contributed by atoms with van der Waals surface area (Å²) in [6, 6.07) is 10.8. The molecule has 0 radical (unpaired) electrons. The molecule has 2 bridgehead atoms. The first kappa shape index (κ1) is 13.4. The van der Waals surface area contributed by atoms with Crippen LogP contribution in [-0.4, -0.2) is 10.8 Å². The molecule has 1 spiro atoms. The molecule has 1 amide bonds. The fourth-order valence-corrected chi connectivity index (χ4v) is 7.96. The van der Waals surface area contributed by atoms with E-state index in [0.29, 0.717) is 11.8 Å². The zero-order valence-electron chi connectivity index (χ0n) is 12.9. The summed E-state index contributed by atoms with van der Waals surface area (Å²) < 4.78 is 0. The molecule has 5 rings (SSSR count). The minimum Gasteiger partial charge on any atom is -0.369 e. The largest absolute Gasteiger partial charge is 0.369 e. The minimum atomic E-state index is -0.274. The molecular weight excluding hydrogens is 294 g/mol. The van der Waals surface area contributed by atoms with Crippen LogP contribution in [0.3, 0.4) is 0 Å². The van der Waals surface area contributed by atoms with Crippen molar-refractivity contribution in [1.29, 1.82) is 0 Å². The summed E-state index contributed by atoms with van der Waals surface area (Å²) in [7, 11) is 0. The van der Waals surface area contributed by atoms with Gasteiger partial charge in [-0.15, -0.1) is 11.6 Å². The van der Waals surface area contributed by atoms with Crippen molar-refractivity contribution >= 4 is 17.5 Å². The second-order valence-electron chi connectivity index (χ2n) is 8.18. The Morgan fingerprint density at radius 1 is 1.27 bits per heavy atom. The Balaban J connectivity index is 1.69. The third kappa shape index (κ3) is 0.984. The highest BCUT2D eigenvalue weighted by atomic mass is 35.5. The van der Waals surface area contributed by atoms with Crippen molar-refractivity contribution < 1.29 is 4.79 Å². The number of nitrogens with two attached hydrogens (primary N) is 1. The van der Waals surface area contributed by atoms with E-state index in [-0.39, 0.29) is 27.0 Å². The van der Waals surface area contributed by atoms with Gasteiger partial charge in [0.2, 0.25) is 5.91 Å². The molecule has 22 heavy (non-hydrogen) atoms. The van der Waals surface area contributed by atoms with Gasteiger partial charge in [0.25, 0.3) is 0 Å². The molecule has 6 atom stereocenters. The predicted octanol–water partition coefficient (Wildman–Crippen LogP) is 3.62. The summed E-state index contributed by atoms with van der Waals surface area (Å²) >= 11 is 7.09. The molecule has 2 N–H and O–H groups in total. The normalized spacial score (nSPS) is 53.5. The van der Waals surface area contributed by atoms with Crippen LogP contribution in [0.2, 0.25) is 0 Å². The highest BCUT2D eigenvalue weighted by Crippen LogP contribution is 2.94. The van der Waals surface area contributed by atoms with Crippen LogP contribution in [0.25, 0.3) is 0 Å². The molecule has 3 heteroatoms. The van der Waals surface area contributed by atoms with Gasteiger partial charge in [0.1, 0.15) is 0 Å². The Morgan fingerprint density at radius 3 is 2.64 bits per heavy atom. The minimum absolute atomic E-state index is 0.0512. The predicted molar refractivity (Wildman–Crippen MR) is 86.5 cm³/mol. The molecule has 4 aliphatic rings. The van der Waals surface area contributed by atoms with Gasteiger partial charge in [0.15, 0.2) is 0 Å².